The molecule has 12 heavy (non-hydrogen) atoms. The molecule has 4 nitrogen and oxygen atoms in total. The average Bonchev–Trinajstić information content (AvgIpc) is 2.06. The summed E-state index contributed by atoms with van der Waals surface area (Å²) in [6.07, 6.45) is 5.63. The van der Waals surface area contributed by atoms with Crippen LogP contribution in [-0.2, 0) is 4.79 Å². The summed E-state index contributed by atoms with van der Waals surface area (Å²) in [4.78, 5) is 10.5. The van der Waals surface area contributed by atoms with Gasteiger partial charge in [-0.3, -0.25) is 4.79 Å². The molecular weight excluding hydrogens is 156 g/mol. The van der Waals surface area contributed by atoms with Crippen LogP contribution in [0.25, 0.3) is 0 Å². The number of rotatable bonds is 2. The molecule has 1 aliphatic heterocycles. The number of carboxylic acid groups (broad SMARTS) is 1. The first-order valence-corrected chi connectivity index (χ1v) is 3.77. The van der Waals surface area contributed by atoms with Gasteiger partial charge in [-0.25, -0.2) is 0 Å². The van der Waals surface area contributed by atoms with Crippen LogP contribution in [0.2, 0.25) is 0 Å². The lowest BCUT2D eigenvalue weighted by atomic mass is 10.1. The minimum atomic E-state index is -0.804. The molecule has 1 aliphatic rings. The van der Waals surface area contributed by atoms with Crippen molar-refractivity contribution in [2.75, 3.05) is 6.54 Å². The predicted molar refractivity (Wildman–Crippen MR) is 45.5 cm³/mol. The minimum absolute atomic E-state index is 0.445. The maximum absolute atomic E-state index is 10.5. The van der Waals surface area contributed by atoms with Crippen molar-refractivity contribution in [3.8, 4) is 0 Å². The lowest BCUT2D eigenvalue weighted by molar-refractivity contribution is -0.139. The fourth-order valence-electron chi connectivity index (χ4n) is 1.10. The Bertz CT molecular complexity index is 233. The highest BCUT2D eigenvalue weighted by atomic mass is 16.4. The molecule has 0 aliphatic carbocycles. The Balaban J connectivity index is 2.53. The number of hydrogen-bond acceptors (Lipinski definition) is 3. The van der Waals surface area contributed by atoms with Crippen molar-refractivity contribution in [2.24, 2.45) is 5.73 Å². The smallest absolute Gasteiger partial charge is 0.321 e. The maximum Gasteiger partial charge on any atom is 0.321 e. The van der Waals surface area contributed by atoms with Gasteiger partial charge in [0, 0.05) is 6.54 Å². The van der Waals surface area contributed by atoms with Crippen LogP contribution in [0, 0.1) is 0 Å². The molecule has 66 valence electrons. The molecule has 1 atom stereocenters. The van der Waals surface area contributed by atoms with Crippen molar-refractivity contribution in [2.45, 2.75) is 12.5 Å². The van der Waals surface area contributed by atoms with Gasteiger partial charge in [0.25, 0.3) is 0 Å². The van der Waals surface area contributed by atoms with Crippen LogP contribution in [0.15, 0.2) is 23.9 Å². The molecule has 1 rings (SSSR count). The normalized spacial score (nSPS) is 24.0. The van der Waals surface area contributed by atoms with Crippen LogP contribution in [0.3, 0.4) is 0 Å². The molecule has 0 aromatic heterocycles. The Morgan fingerprint density at radius 2 is 2.58 bits per heavy atom. The van der Waals surface area contributed by atoms with E-state index in [1.54, 1.807) is 6.08 Å². The van der Waals surface area contributed by atoms with Crippen molar-refractivity contribution >= 4 is 5.97 Å². The topological polar surface area (TPSA) is 75.4 Å². The number of hydrogen-bond donors (Lipinski definition) is 3. The standard InChI is InChI=1S/C8H12N2O2/c9-4-3-6-1-2-7(8(11)12)10-5-6/h1,3-4,7,10H,2,5,9H2,(H,11,12)/b4-3-/t7-/m0/s1. The SMILES string of the molecule is N/C=C\C1=CC[C@@H](C(=O)O)NC1. The number of nitrogens with two attached hydrogens (primary N) is 1. The van der Waals surface area contributed by atoms with E-state index in [0.29, 0.717) is 13.0 Å². The van der Waals surface area contributed by atoms with E-state index in [9.17, 15) is 4.79 Å². The number of carbonyl (C=O) groups is 1. The summed E-state index contributed by atoms with van der Waals surface area (Å²) in [6.45, 7) is 0.574. The predicted octanol–water partition coefficient (Wildman–Crippen LogP) is -0.168. The molecule has 0 spiro atoms. The highest BCUT2D eigenvalue weighted by molar-refractivity contribution is 5.74. The van der Waals surface area contributed by atoms with E-state index in [1.807, 2.05) is 6.08 Å². The monoisotopic (exact) mass is 168 g/mol. The van der Waals surface area contributed by atoms with Crippen LogP contribution >= 0.6 is 0 Å². The molecular formula is C8H12N2O2. The highest BCUT2D eigenvalue weighted by Crippen LogP contribution is 2.07. The van der Waals surface area contributed by atoms with Crippen molar-refractivity contribution in [1.29, 1.82) is 0 Å². The van der Waals surface area contributed by atoms with Gasteiger partial charge in [-0.2, -0.15) is 0 Å². The highest BCUT2D eigenvalue weighted by Gasteiger charge is 2.18. The number of aliphatic carboxylic acids is 1. The Morgan fingerprint density at radius 3 is 3.00 bits per heavy atom. The Hall–Kier alpha value is -1.29. The zero-order valence-electron chi connectivity index (χ0n) is 6.66. The van der Waals surface area contributed by atoms with Crippen LogP contribution in [0.1, 0.15) is 6.42 Å². The number of carboxylic acids is 1. The van der Waals surface area contributed by atoms with Crippen molar-refractivity contribution < 1.29 is 9.90 Å². The summed E-state index contributed by atoms with van der Waals surface area (Å²) in [5, 5.41) is 11.5. The zero-order valence-corrected chi connectivity index (χ0v) is 6.66. The van der Waals surface area contributed by atoms with Gasteiger partial charge in [0.1, 0.15) is 6.04 Å². The summed E-state index contributed by atoms with van der Waals surface area (Å²) in [6, 6.07) is -0.445. The van der Waals surface area contributed by atoms with Gasteiger partial charge in [-0.05, 0) is 24.3 Å². The molecule has 0 unspecified atom stereocenters. The molecule has 0 fully saturated rings. The molecule has 0 radical (unpaired) electrons. The number of nitrogens with one attached hydrogen (secondary N) is 1. The summed E-state index contributed by atoms with van der Waals surface area (Å²) >= 11 is 0. The first kappa shape index (κ1) is 8.80. The summed E-state index contributed by atoms with van der Waals surface area (Å²) < 4.78 is 0. The van der Waals surface area contributed by atoms with E-state index < -0.39 is 12.0 Å². The third kappa shape index (κ3) is 2.10. The van der Waals surface area contributed by atoms with Gasteiger partial charge in [0.05, 0.1) is 0 Å². The van der Waals surface area contributed by atoms with Gasteiger partial charge in [0.15, 0.2) is 0 Å². The van der Waals surface area contributed by atoms with E-state index in [1.165, 1.54) is 6.20 Å². The first-order chi connectivity index (χ1) is 5.74. The van der Waals surface area contributed by atoms with Crippen LogP contribution in [0.5, 0.6) is 0 Å². The third-order valence-electron chi connectivity index (χ3n) is 1.78. The molecule has 0 aromatic carbocycles. The fraction of sp³-hybridized carbons (Fsp3) is 0.375. The van der Waals surface area contributed by atoms with Gasteiger partial charge in [0.2, 0.25) is 0 Å². The molecule has 0 saturated heterocycles. The second-order valence-electron chi connectivity index (χ2n) is 2.65. The van der Waals surface area contributed by atoms with Gasteiger partial charge in [-0.1, -0.05) is 6.08 Å². The molecule has 0 aromatic rings. The molecule has 4 N–H and O–H groups in total. The largest absolute Gasteiger partial charge is 0.480 e. The summed E-state index contributed by atoms with van der Waals surface area (Å²) in [5.74, 6) is -0.804. The summed E-state index contributed by atoms with van der Waals surface area (Å²) in [7, 11) is 0. The summed E-state index contributed by atoms with van der Waals surface area (Å²) in [5.41, 5.74) is 6.23. The molecule has 1 heterocycles. The van der Waals surface area contributed by atoms with Crippen LogP contribution in [-0.4, -0.2) is 23.7 Å². The quantitative estimate of drug-likeness (QED) is 0.535. The van der Waals surface area contributed by atoms with Crippen LogP contribution in [0.4, 0.5) is 0 Å². The zero-order chi connectivity index (χ0) is 8.97. The van der Waals surface area contributed by atoms with Crippen LogP contribution < -0.4 is 11.1 Å². The second-order valence-corrected chi connectivity index (χ2v) is 2.65. The molecule has 0 amide bonds. The van der Waals surface area contributed by atoms with Crippen molar-refractivity contribution in [1.82, 2.24) is 5.32 Å². The molecule has 0 saturated carbocycles. The second kappa shape index (κ2) is 3.92. The minimum Gasteiger partial charge on any atom is -0.480 e. The molecule has 0 bridgehead atoms. The van der Waals surface area contributed by atoms with E-state index in [-0.39, 0.29) is 0 Å². The van der Waals surface area contributed by atoms with E-state index in [0.717, 1.165) is 5.57 Å². The van der Waals surface area contributed by atoms with Gasteiger partial charge >= 0.3 is 5.97 Å². The van der Waals surface area contributed by atoms with E-state index in [2.05, 4.69) is 5.32 Å². The lowest BCUT2D eigenvalue weighted by Crippen LogP contribution is -2.39. The fourth-order valence-corrected chi connectivity index (χ4v) is 1.10. The first-order valence-electron chi connectivity index (χ1n) is 3.77. The van der Waals surface area contributed by atoms with Crippen molar-refractivity contribution in [3.05, 3.63) is 23.9 Å². The Labute approximate surface area is 70.8 Å². The van der Waals surface area contributed by atoms with E-state index >= 15 is 0 Å². The lowest BCUT2D eigenvalue weighted by Gasteiger charge is -2.18. The van der Waals surface area contributed by atoms with Gasteiger partial charge in [-0.15, -0.1) is 0 Å². The third-order valence-corrected chi connectivity index (χ3v) is 1.78. The van der Waals surface area contributed by atoms with E-state index in [4.69, 9.17) is 10.8 Å². The Morgan fingerprint density at radius 1 is 1.83 bits per heavy atom. The van der Waals surface area contributed by atoms with Crippen molar-refractivity contribution in [3.63, 3.8) is 0 Å². The average molecular weight is 168 g/mol. The van der Waals surface area contributed by atoms with Gasteiger partial charge < -0.3 is 16.2 Å². The maximum atomic E-state index is 10.5. The Kier molecular flexibility index (Phi) is 2.88. The molecule has 4 heteroatoms.